The van der Waals surface area contributed by atoms with Gasteiger partial charge in [-0.3, -0.25) is 4.79 Å². The highest BCUT2D eigenvalue weighted by Gasteiger charge is 2.50. The molecule has 0 saturated heterocycles. The molecule has 0 spiro atoms. The van der Waals surface area contributed by atoms with Crippen LogP contribution in [0, 0.1) is 5.92 Å². The van der Waals surface area contributed by atoms with Crippen molar-refractivity contribution in [2.24, 2.45) is 13.0 Å². The molecule has 3 aromatic rings. The number of carbonyl (C=O) groups is 1. The van der Waals surface area contributed by atoms with Gasteiger partial charge >= 0.3 is 6.18 Å². The quantitative estimate of drug-likeness (QED) is 0.406. The van der Waals surface area contributed by atoms with Crippen LogP contribution in [0.2, 0.25) is 0 Å². The van der Waals surface area contributed by atoms with Crippen LogP contribution in [0.5, 0.6) is 0 Å². The number of ether oxygens (including phenoxy) is 1. The third kappa shape index (κ3) is 4.51. The van der Waals surface area contributed by atoms with Crippen LogP contribution in [0.3, 0.4) is 0 Å². The molecule has 0 unspecified atom stereocenters. The number of fused-ring (bicyclic) bond motifs is 1. The Morgan fingerprint density at radius 3 is 2.60 bits per heavy atom. The second kappa shape index (κ2) is 9.99. The van der Waals surface area contributed by atoms with Crippen LogP contribution >= 0.6 is 0 Å². The number of aromatic nitrogens is 3. The van der Waals surface area contributed by atoms with E-state index in [0.29, 0.717) is 30.0 Å². The monoisotopic (exact) mass is 553 g/mol. The van der Waals surface area contributed by atoms with Crippen molar-refractivity contribution < 1.29 is 22.7 Å². The number of methoxy groups -OCH3 is 1. The van der Waals surface area contributed by atoms with Crippen molar-refractivity contribution in [1.82, 2.24) is 20.1 Å². The number of halogens is 3. The second-order valence-corrected chi connectivity index (χ2v) is 11.6. The fourth-order valence-electron chi connectivity index (χ4n) is 6.54. The number of nitrogens with zero attached hydrogens (tertiary/aromatic N) is 4. The fraction of sp³-hybridized carbons (Fsp3) is 0.500. The van der Waals surface area contributed by atoms with E-state index in [0.717, 1.165) is 24.2 Å². The Kier molecular flexibility index (Phi) is 6.73. The average molecular weight is 554 g/mol. The zero-order valence-electron chi connectivity index (χ0n) is 23.0. The van der Waals surface area contributed by atoms with E-state index < -0.39 is 23.1 Å². The summed E-state index contributed by atoms with van der Waals surface area (Å²) >= 11 is 0. The van der Waals surface area contributed by atoms with Crippen LogP contribution in [-0.4, -0.2) is 39.9 Å². The van der Waals surface area contributed by atoms with Gasteiger partial charge in [-0.2, -0.15) is 13.2 Å². The highest BCUT2D eigenvalue weighted by Crippen LogP contribution is 2.50. The van der Waals surface area contributed by atoms with E-state index >= 15 is 0 Å². The molecule has 2 aliphatic carbocycles. The molecule has 1 atom stereocenters. The highest BCUT2D eigenvalue weighted by atomic mass is 19.4. The van der Waals surface area contributed by atoms with Gasteiger partial charge < -0.3 is 19.5 Å². The van der Waals surface area contributed by atoms with Gasteiger partial charge in [0.25, 0.3) is 5.91 Å². The summed E-state index contributed by atoms with van der Waals surface area (Å²) in [4.78, 5) is 15.1. The molecule has 2 saturated carbocycles. The van der Waals surface area contributed by atoms with Crippen molar-refractivity contribution >= 4 is 11.6 Å². The molecule has 2 fully saturated rings. The first-order valence-electron chi connectivity index (χ1n) is 13.9. The number of nitrogens with one attached hydrogen (secondary N) is 1. The lowest BCUT2D eigenvalue weighted by Gasteiger charge is -2.46. The van der Waals surface area contributed by atoms with E-state index in [1.54, 1.807) is 25.6 Å². The number of anilines is 1. The van der Waals surface area contributed by atoms with Gasteiger partial charge in [-0.25, -0.2) is 0 Å². The lowest BCUT2D eigenvalue weighted by atomic mass is 9.62. The van der Waals surface area contributed by atoms with Crippen molar-refractivity contribution in [1.29, 1.82) is 0 Å². The Labute approximate surface area is 231 Å². The summed E-state index contributed by atoms with van der Waals surface area (Å²) in [6.45, 7) is 2.24. The van der Waals surface area contributed by atoms with E-state index in [-0.39, 0.29) is 36.4 Å². The largest absolute Gasteiger partial charge is 0.416 e. The van der Waals surface area contributed by atoms with Crippen LogP contribution in [0.4, 0.5) is 18.9 Å². The minimum atomic E-state index is -4.56. The van der Waals surface area contributed by atoms with Crippen molar-refractivity contribution in [3.8, 4) is 0 Å². The van der Waals surface area contributed by atoms with Gasteiger partial charge in [0.05, 0.1) is 23.6 Å². The van der Waals surface area contributed by atoms with Crippen LogP contribution in [0.1, 0.15) is 77.5 Å². The molecular formula is C30H34F3N5O2. The van der Waals surface area contributed by atoms with Crippen molar-refractivity contribution in [2.75, 3.05) is 12.0 Å². The number of amides is 1. The third-order valence-corrected chi connectivity index (χ3v) is 9.23. The number of rotatable bonds is 8. The lowest BCUT2D eigenvalue weighted by Crippen LogP contribution is -2.48. The first-order valence-corrected chi connectivity index (χ1v) is 13.9. The molecule has 0 radical (unpaired) electrons. The Hall–Kier alpha value is -3.24. The average Bonchev–Trinajstić information content (AvgIpc) is 3.44. The first kappa shape index (κ1) is 27.0. The number of carbonyl (C=O) groups excluding carboxylic acids is 1. The fourth-order valence-corrected chi connectivity index (χ4v) is 6.54. The van der Waals surface area contributed by atoms with Crippen molar-refractivity contribution in [3.05, 3.63) is 76.4 Å². The van der Waals surface area contributed by atoms with Gasteiger partial charge in [-0.15, -0.1) is 10.2 Å². The zero-order valence-corrected chi connectivity index (χ0v) is 23.0. The minimum Gasteiger partial charge on any atom is -0.381 e. The molecule has 2 heterocycles. The molecular weight excluding hydrogens is 519 g/mol. The molecule has 6 rings (SSSR count). The zero-order chi connectivity index (χ0) is 28.2. The normalized spacial score (nSPS) is 23.6. The molecule has 7 nitrogen and oxygen atoms in total. The van der Waals surface area contributed by atoms with Crippen LogP contribution in [0.25, 0.3) is 0 Å². The van der Waals surface area contributed by atoms with Crippen LogP contribution < -0.4 is 10.2 Å². The summed E-state index contributed by atoms with van der Waals surface area (Å²) in [5, 5.41) is 11.8. The molecule has 1 aliphatic heterocycles. The summed E-state index contributed by atoms with van der Waals surface area (Å²) in [7, 11) is 3.57. The molecule has 1 aromatic heterocycles. The molecule has 3 aliphatic rings. The van der Waals surface area contributed by atoms with E-state index in [2.05, 4.69) is 22.4 Å². The topological polar surface area (TPSA) is 72.3 Å². The predicted molar refractivity (Wildman–Crippen MR) is 144 cm³/mol. The van der Waals surface area contributed by atoms with Gasteiger partial charge in [-0.05, 0) is 79.5 Å². The number of hydrogen-bond donors (Lipinski definition) is 1. The van der Waals surface area contributed by atoms with Gasteiger partial charge in [0.2, 0.25) is 0 Å². The Morgan fingerprint density at radius 2 is 1.98 bits per heavy atom. The number of alkyl halides is 3. The molecule has 1 N–H and O–H groups in total. The third-order valence-electron chi connectivity index (χ3n) is 9.23. The van der Waals surface area contributed by atoms with E-state index in [1.807, 2.05) is 29.8 Å². The first-order chi connectivity index (χ1) is 19.1. The summed E-state index contributed by atoms with van der Waals surface area (Å²) in [6.07, 6.45) is 2.03. The Balaban J connectivity index is 1.31. The van der Waals surface area contributed by atoms with Gasteiger partial charge in [0.1, 0.15) is 12.2 Å². The van der Waals surface area contributed by atoms with E-state index in [1.165, 1.54) is 17.4 Å². The molecule has 2 aromatic carbocycles. The maximum Gasteiger partial charge on any atom is 0.416 e. The standard InChI is InChI=1S/C30H34F3N5O2/c1-18(20-6-4-7-20)34-15-19-10-24-25(26(11-19)30(31,32)33)16-38(27(24)39)22-9-5-8-21(12-22)29(13-23(14-29)40-3)28-36-35-17-37(28)2/h5,8-12,17-18,20,23,34H,4,6-7,13-16H2,1-3H3/t18-,23?,29?/m0/s1. The second-order valence-electron chi connectivity index (χ2n) is 11.6. The summed E-state index contributed by atoms with van der Waals surface area (Å²) in [5.74, 6) is 0.935. The number of benzene rings is 2. The van der Waals surface area contributed by atoms with Crippen molar-refractivity contribution in [2.45, 2.75) is 75.9 Å². The van der Waals surface area contributed by atoms with Gasteiger partial charge in [0, 0.05) is 38.0 Å². The minimum absolute atomic E-state index is 0.0322. The SMILES string of the molecule is COC1CC(c2cccc(N3Cc4c(cc(CN[C@@H](C)C5CCC5)cc4C(F)(F)F)C3=O)c2)(c2nncn2C)C1. The molecule has 10 heteroatoms. The number of aryl methyl sites for hydroxylation is 1. The van der Waals surface area contributed by atoms with Crippen LogP contribution in [0.15, 0.2) is 42.7 Å². The molecule has 0 bridgehead atoms. The summed E-state index contributed by atoms with van der Waals surface area (Å²) in [6, 6.07) is 10.6. The van der Waals surface area contributed by atoms with Crippen molar-refractivity contribution in [3.63, 3.8) is 0 Å². The number of hydrogen-bond acceptors (Lipinski definition) is 5. The lowest BCUT2D eigenvalue weighted by molar-refractivity contribution is -0.138. The van der Waals surface area contributed by atoms with Crippen LogP contribution in [-0.2, 0) is 36.5 Å². The Morgan fingerprint density at radius 1 is 1.20 bits per heavy atom. The maximum absolute atomic E-state index is 14.2. The van der Waals surface area contributed by atoms with Gasteiger partial charge in [0.15, 0.2) is 0 Å². The molecule has 40 heavy (non-hydrogen) atoms. The summed E-state index contributed by atoms with van der Waals surface area (Å²) < 4.78 is 50.1. The van der Waals surface area contributed by atoms with E-state index in [4.69, 9.17) is 4.74 Å². The summed E-state index contributed by atoms with van der Waals surface area (Å²) in [5.41, 5.74) is 0.941. The Bertz CT molecular complexity index is 1420. The maximum atomic E-state index is 14.2. The molecule has 212 valence electrons. The van der Waals surface area contributed by atoms with E-state index in [9.17, 15) is 18.0 Å². The highest BCUT2D eigenvalue weighted by molar-refractivity contribution is 6.10. The smallest absolute Gasteiger partial charge is 0.381 e. The molecule has 1 amide bonds. The predicted octanol–water partition coefficient (Wildman–Crippen LogP) is 5.37. The van der Waals surface area contributed by atoms with Gasteiger partial charge in [-0.1, -0.05) is 18.6 Å².